The molecule has 1 aliphatic heterocycles. The van der Waals surface area contributed by atoms with Crippen LogP contribution in [0.25, 0.3) is 0 Å². The van der Waals surface area contributed by atoms with E-state index >= 15 is 0 Å². The summed E-state index contributed by atoms with van der Waals surface area (Å²) in [5.41, 5.74) is -1.59. The Labute approximate surface area is 139 Å². The van der Waals surface area contributed by atoms with Crippen molar-refractivity contribution in [3.8, 4) is 0 Å². The third kappa shape index (κ3) is 3.78. The minimum atomic E-state index is -4.78. The number of carbonyl (C=O) groups excluding carboxylic acids is 1. The molecule has 1 N–H and O–H groups in total. The van der Waals surface area contributed by atoms with Gasteiger partial charge in [-0.3, -0.25) is 4.79 Å². The topological polar surface area (TPSA) is 69.0 Å². The van der Waals surface area contributed by atoms with E-state index in [0.29, 0.717) is 19.3 Å². The van der Waals surface area contributed by atoms with Crippen molar-refractivity contribution in [3.63, 3.8) is 0 Å². The van der Waals surface area contributed by atoms with Crippen molar-refractivity contribution >= 4 is 5.91 Å². The summed E-state index contributed by atoms with van der Waals surface area (Å²) in [6.07, 6.45) is -3.47. The van der Waals surface area contributed by atoms with Gasteiger partial charge in [-0.15, -0.1) is 5.10 Å². The molecule has 3 rings (SSSR count). The summed E-state index contributed by atoms with van der Waals surface area (Å²) >= 11 is 0. The number of aromatic nitrogens is 3. The maximum absolute atomic E-state index is 13.3. The Balaban J connectivity index is 1.72. The maximum Gasteiger partial charge on any atom is 0.419 e. The molecule has 1 saturated heterocycles. The minimum absolute atomic E-state index is 0.0336. The molecule has 10 heteroatoms. The largest absolute Gasteiger partial charge is 0.419 e. The van der Waals surface area contributed by atoms with Crippen molar-refractivity contribution < 1.29 is 27.1 Å². The number of halogens is 4. The first-order valence-corrected chi connectivity index (χ1v) is 7.32. The highest BCUT2D eigenvalue weighted by atomic mass is 19.4. The second-order valence-electron chi connectivity index (χ2n) is 6.12. The number of ether oxygens (including phenoxy) is 1. The van der Waals surface area contributed by atoms with Gasteiger partial charge < -0.3 is 10.1 Å². The van der Waals surface area contributed by atoms with Gasteiger partial charge in [-0.2, -0.15) is 13.2 Å². The zero-order chi connectivity index (χ0) is 18.2. The normalized spacial score (nSPS) is 16.4. The van der Waals surface area contributed by atoms with Crippen LogP contribution in [0.2, 0.25) is 0 Å². The first-order valence-electron chi connectivity index (χ1n) is 7.32. The Morgan fingerprint density at radius 3 is 2.72 bits per heavy atom. The predicted octanol–water partition coefficient (Wildman–Crippen LogP) is 2.00. The summed E-state index contributed by atoms with van der Waals surface area (Å²) in [6, 6.07) is 2.68. The second kappa shape index (κ2) is 6.10. The van der Waals surface area contributed by atoms with Gasteiger partial charge in [0.05, 0.1) is 37.1 Å². The Kier molecular flexibility index (Phi) is 4.23. The monoisotopic (exact) mass is 358 g/mol. The highest BCUT2D eigenvalue weighted by Crippen LogP contribution is 2.32. The average Bonchev–Trinajstić information content (AvgIpc) is 2.95. The quantitative estimate of drug-likeness (QED) is 0.849. The number of nitrogens with zero attached hydrogens (tertiary/aromatic N) is 3. The summed E-state index contributed by atoms with van der Waals surface area (Å²) in [7, 11) is 0. The number of alkyl halides is 3. The number of hydrogen-bond acceptors (Lipinski definition) is 4. The summed E-state index contributed by atoms with van der Waals surface area (Å²) in [5.74, 6) is -1.79. The SMILES string of the molecule is CC1(NC(=O)c2cn(Cc3ccc(F)c(C(F)(F)F)c3)nn2)COC1. The number of carbonyl (C=O) groups is 1. The van der Waals surface area contributed by atoms with Crippen molar-refractivity contribution in [2.24, 2.45) is 0 Å². The van der Waals surface area contributed by atoms with E-state index in [0.717, 1.165) is 6.07 Å². The molecule has 1 fully saturated rings. The Bertz CT molecular complexity index is 799. The van der Waals surface area contributed by atoms with Gasteiger partial charge in [-0.1, -0.05) is 11.3 Å². The molecule has 1 amide bonds. The van der Waals surface area contributed by atoms with Crippen molar-refractivity contribution in [2.45, 2.75) is 25.2 Å². The second-order valence-corrected chi connectivity index (χ2v) is 6.12. The number of rotatable bonds is 4. The van der Waals surface area contributed by atoms with Crippen LogP contribution < -0.4 is 5.32 Å². The third-order valence-electron chi connectivity index (χ3n) is 3.71. The van der Waals surface area contributed by atoms with E-state index in [1.54, 1.807) is 0 Å². The van der Waals surface area contributed by atoms with Gasteiger partial charge in [0.2, 0.25) is 0 Å². The van der Waals surface area contributed by atoms with Crippen molar-refractivity contribution in [3.05, 3.63) is 47.0 Å². The van der Waals surface area contributed by atoms with Crippen LogP contribution in [-0.4, -0.2) is 39.7 Å². The standard InChI is InChI=1S/C15H14F4N4O2/c1-14(7-25-8-14)20-13(24)12-6-23(22-21-12)5-9-2-3-11(16)10(4-9)15(17,18)19/h2-4,6H,5,7-8H2,1H3,(H,20,24). The van der Waals surface area contributed by atoms with Gasteiger partial charge >= 0.3 is 6.18 Å². The lowest BCUT2D eigenvalue weighted by Gasteiger charge is -2.38. The van der Waals surface area contributed by atoms with Crippen LogP contribution in [0.1, 0.15) is 28.5 Å². The fourth-order valence-corrected chi connectivity index (χ4v) is 2.37. The Hall–Kier alpha value is -2.49. The molecule has 1 aromatic carbocycles. The molecule has 0 bridgehead atoms. The van der Waals surface area contributed by atoms with E-state index in [1.807, 2.05) is 6.92 Å². The van der Waals surface area contributed by atoms with Gasteiger partial charge in [0.25, 0.3) is 5.91 Å². The molecule has 0 saturated carbocycles. The molecule has 1 aromatic heterocycles. The van der Waals surface area contributed by atoms with Crippen LogP contribution in [0.3, 0.4) is 0 Å². The van der Waals surface area contributed by atoms with E-state index in [9.17, 15) is 22.4 Å². The van der Waals surface area contributed by atoms with E-state index in [2.05, 4.69) is 15.6 Å². The maximum atomic E-state index is 13.3. The smallest absolute Gasteiger partial charge is 0.376 e. The highest BCUT2D eigenvalue weighted by molar-refractivity contribution is 5.92. The van der Waals surface area contributed by atoms with Crippen LogP contribution in [0.5, 0.6) is 0 Å². The molecule has 0 unspecified atom stereocenters. The van der Waals surface area contributed by atoms with Crippen molar-refractivity contribution in [2.75, 3.05) is 13.2 Å². The van der Waals surface area contributed by atoms with Crippen LogP contribution >= 0.6 is 0 Å². The zero-order valence-corrected chi connectivity index (χ0v) is 13.1. The third-order valence-corrected chi connectivity index (χ3v) is 3.71. The lowest BCUT2D eigenvalue weighted by Crippen LogP contribution is -2.59. The summed E-state index contributed by atoms with van der Waals surface area (Å²) in [6.45, 7) is 2.52. The van der Waals surface area contributed by atoms with E-state index in [1.165, 1.54) is 16.9 Å². The fraction of sp³-hybridized carbons (Fsp3) is 0.400. The van der Waals surface area contributed by atoms with Gasteiger partial charge in [-0.25, -0.2) is 9.07 Å². The fourth-order valence-electron chi connectivity index (χ4n) is 2.37. The summed E-state index contributed by atoms with van der Waals surface area (Å²) in [5, 5.41) is 10.2. The van der Waals surface area contributed by atoms with Crippen molar-refractivity contribution in [1.82, 2.24) is 20.3 Å². The van der Waals surface area contributed by atoms with Crippen LogP contribution in [0, 0.1) is 5.82 Å². The molecule has 0 radical (unpaired) electrons. The molecule has 25 heavy (non-hydrogen) atoms. The van der Waals surface area contributed by atoms with Gasteiger partial charge in [0.15, 0.2) is 5.69 Å². The molecular formula is C15H14F4N4O2. The molecule has 134 valence electrons. The zero-order valence-electron chi connectivity index (χ0n) is 13.1. The average molecular weight is 358 g/mol. The molecule has 0 atom stereocenters. The van der Waals surface area contributed by atoms with Crippen LogP contribution in [0.15, 0.2) is 24.4 Å². The Morgan fingerprint density at radius 1 is 1.40 bits per heavy atom. The first-order chi connectivity index (χ1) is 11.7. The molecule has 6 nitrogen and oxygen atoms in total. The Morgan fingerprint density at radius 2 is 2.12 bits per heavy atom. The molecule has 2 aromatic rings. The van der Waals surface area contributed by atoms with Gasteiger partial charge in [0.1, 0.15) is 5.82 Å². The van der Waals surface area contributed by atoms with Gasteiger partial charge in [0, 0.05) is 0 Å². The number of hydrogen-bond donors (Lipinski definition) is 1. The predicted molar refractivity (Wildman–Crippen MR) is 77.2 cm³/mol. The van der Waals surface area contributed by atoms with E-state index in [-0.39, 0.29) is 17.8 Å². The molecule has 2 heterocycles. The van der Waals surface area contributed by atoms with Crippen LogP contribution in [0.4, 0.5) is 17.6 Å². The molecule has 0 aliphatic carbocycles. The lowest BCUT2D eigenvalue weighted by atomic mass is 10.0. The first kappa shape index (κ1) is 17.3. The number of nitrogens with one attached hydrogen (secondary N) is 1. The van der Waals surface area contributed by atoms with Crippen LogP contribution in [-0.2, 0) is 17.5 Å². The lowest BCUT2D eigenvalue weighted by molar-refractivity contribution is -0.140. The van der Waals surface area contributed by atoms with E-state index < -0.39 is 29.0 Å². The summed E-state index contributed by atoms with van der Waals surface area (Å²) < 4.78 is 57.7. The van der Waals surface area contributed by atoms with Gasteiger partial charge in [-0.05, 0) is 24.6 Å². The molecule has 0 spiro atoms. The number of amides is 1. The van der Waals surface area contributed by atoms with E-state index in [4.69, 9.17) is 4.74 Å². The highest BCUT2D eigenvalue weighted by Gasteiger charge is 2.36. The summed E-state index contributed by atoms with van der Waals surface area (Å²) in [4.78, 5) is 12.1. The van der Waals surface area contributed by atoms with Crippen molar-refractivity contribution in [1.29, 1.82) is 0 Å². The minimum Gasteiger partial charge on any atom is -0.376 e. The molecular weight excluding hydrogens is 344 g/mol. The molecule has 1 aliphatic rings. The number of benzene rings is 1.